The predicted molar refractivity (Wildman–Crippen MR) is 118 cm³/mol. The summed E-state index contributed by atoms with van der Waals surface area (Å²) in [5, 5.41) is 5.41. The van der Waals surface area contributed by atoms with Gasteiger partial charge in [0.2, 0.25) is 5.91 Å². The fourth-order valence-corrected chi connectivity index (χ4v) is 4.88. The third-order valence-electron chi connectivity index (χ3n) is 5.02. The second-order valence-electron chi connectivity index (χ2n) is 6.98. The zero-order chi connectivity index (χ0) is 20.5. The van der Waals surface area contributed by atoms with Crippen LogP contribution in [0.5, 0.6) is 0 Å². The van der Waals surface area contributed by atoms with Crippen molar-refractivity contribution in [3.05, 3.63) is 95.5 Å². The number of rotatable bonds is 5. The van der Waals surface area contributed by atoms with Crippen LogP contribution in [0, 0.1) is 0 Å². The Hall–Kier alpha value is -2.96. The summed E-state index contributed by atoms with van der Waals surface area (Å²) in [4.78, 5) is 14.5. The molecule has 0 aliphatic carbocycles. The Balaban J connectivity index is 1.59. The third-order valence-corrected chi connectivity index (χ3v) is 6.51. The first kappa shape index (κ1) is 19.0. The Morgan fingerprint density at radius 1 is 1.07 bits per heavy atom. The maximum Gasteiger partial charge on any atom is 0.234 e. The number of para-hydroxylation sites is 1. The van der Waals surface area contributed by atoms with E-state index in [1.807, 2.05) is 82.5 Å². The van der Waals surface area contributed by atoms with E-state index in [1.54, 1.807) is 18.0 Å². The van der Waals surface area contributed by atoms with Crippen LogP contribution in [-0.2, 0) is 11.3 Å². The van der Waals surface area contributed by atoms with Crippen molar-refractivity contribution >= 4 is 29.3 Å². The van der Waals surface area contributed by atoms with Gasteiger partial charge in [0.25, 0.3) is 0 Å². The Morgan fingerprint density at radius 3 is 2.60 bits per heavy atom. The Labute approximate surface area is 183 Å². The number of carbonyl (C=O) groups is 1. The minimum atomic E-state index is -0.147. The first-order valence-corrected chi connectivity index (χ1v) is 11.0. The fourth-order valence-electron chi connectivity index (χ4n) is 3.57. The summed E-state index contributed by atoms with van der Waals surface area (Å²) >= 11 is 7.71. The molecule has 2 aromatic heterocycles. The van der Waals surface area contributed by atoms with E-state index >= 15 is 0 Å². The zero-order valence-corrected chi connectivity index (χ0v) is 17.5. The second-order valence-corrected chi connectivity index (χ2v) is 8.49. The summed E-state index contributed by atoms with van der Waals surface area (Å²) in [7, 11) is 0. The lowest BCUT2D eigenvalue weighted by Crippen LogP contribution is -2.27. The van der Waals surface area contributed by atoms with Crippen LogP contribution in [0.2, 0.25) is 5.02 Å². The third kappa shape index (κ3) is 3.64. The molecule has 1 atom stereocenters. The molecule has 5 nitrogen and oxygen atoms in total. The maximum atomic E-state index is 12.7. The summed E-state index contributed by atoms with van der Waals surface area (Å²) in [5.41, 5.74) is 3.75. The molecule has 1 aliphatic rings. The molecule has 30 heavy (non-hydrogen) atoms. The number of carbonyl (C=O) groups excluding carboxylic acids is 1. The lowest BCUT2D eigenvalue weighted by Gasteiger charge is -2.23. The van der Waals surface area contributed by atoms with E-state index in [1.165, 1.54) is 0 Å². The van der Waals surface area contributed by atoms with Gasteiger partial charge in [-0.1, -0.05) is 41.9 Å². The highest BCUT2D eigenvalue weighted by atomic mass is 35.5. The molecule has 0 spiro atoms. The normalized spacial score (nSPS) is 16.4. The first-order valence-electron chi connectivity index (χ1n) is 9.53. The SMILES string of the molecule is O=C1CS[C@@H](c2cn(-c3ccccc3)nc2-c2ccc(Cl)cc2)N1Cc1ccco1. The molecule has 1 aliphatic heterocycles. The topological polar surface area (TPSA) is 51.3 Å². The van der Waals surface area contributed by atoms with Crippen LogP contribution in [0.25, 0.3) is 16.9 Å². The summed E-state index contributed by atoms with van der Waals surface area (Å²) in [6.07, 6.45) is 3.65. The lowest BCUT2D eigenvalue weighted by molar-refractivity contribution is -0.128. The van der Waals surface area contributed by atoms with Gasteiger partial charge < -0.3 is 9.32 Å². The van der Waals surface area contributed by atoms with Crippen molar-refractivity contribution in [2.24, 2.45) is 0 Å². The highest BCUT2D eigenvalue weighted by Gasteiger charge is 2.36. The summed E-state index contributed by atoms with van der Waals surface area (Å²) in [6.45, 7) is 0.431. The number of amides is 1. The molecular weight excluding hydrogens is 418 g/mol. The lowest BCUT2D eigenvalue weighted by atomic mass is 10.1. The minimum Gasteiger partial charge on any atom is -0.467 e. The average Bonchev–Trinajstić information content (AvgIpc) is 3.51. The van der Waals surface area contributed by atoms with Crippen molar-refractivity contribution in [2.45, 2.75) is 11.9 Å². The van der Waals surface area contributed by atoms with Gasteiger partial charge in [-0.3, -0.25) is 4.79 Å². The van der Waals surface area contributed by atoms with Gasteiger partial charge in [-0.15, -0.1) is 11.8 Å². The van der Waals surface area contributed by atoms with E-state index in [2.05, 4.69) is 0 Å². The smallest absolute Gasteiger partial charge is 0.234 e. The molecule has 4 aromatic rings. The highest BCUT2D eigenvalue weighted by Crippen LogP contribution is 2.43. The quantitative estimate of drug-likeness (QED) is 0.411. The van der Waals surface area contributed by atoms with Gasteiger partial charge in [0.05, 0.1) is 29.9 Å². The highest BCUT2D eigenvalue weighted by molar-refractivity contribution is 8.00. The first-order chi connectivity index (χ1) is 14.7. The maximum absolute atomic E-state index is 12.7. The number of benzene rings is 2. The van der Waals surface area contributed by atoms with Gasteiger partial charge in [-0.25, -0.2) is 4.68 Å². The van der Waals surface area contributed by atoms with Crippen molar-refractivity contribution < 1.29 is 9.21 Å². The number of halogens is 1. The van der Waals surface area contributed by atoms with Crippen LogP contribution < -0.4 is 0 Å². The Morgan fingerprint density at radius 2 is 1.87 bits per heavy atom. The van der Waals surface area contributed by atoms with Crippen molar-refractivity contribution in [1.29, 1.82) is 0 Å². The monoisotopic (exact) mass is 435 g/mol. The molecule has 1 amide bonds. The van der Waals surface area contributed by atoms with E-state index in [-0.39, 0.29) is 11.3 Å². The van der Waals surface area contributed by atoms with Crippen LogP contribution in [0.4, 0.5) is 0 Å². The van der Waals surface area contributed by atoms with Crippen LogP contribution in [0.15, 0.2) is 83.6 Å². The van der Waals surface area contributed by atoms with Crippen LogP contribution in [-0.4, -0.2) is 26.3 Å². The van der Waals surface area contributed by atoms with Crippen molar-refractivity contribution in [3.63, 3.8) is 0 Å². The van der Waals surface area contributed by atoms with Crippen molar-refractivity contribution in [2.75, 3.05) is 5.75 Å². The summed E-state index contributed by atoms with van der Waals surface area (Å²) < 4.78 is 7.36. The van der Waals surface area contributed by atoms with Gasteiger partial charge >= 0.3 is 0 Å². The van der Waals surface area contributed by atoms with Gasteiger partial charge in [-0.2, -0.15) is 5.10 Å². The van der Waals surface area contributed by atoms with Gasteiger partial charge in [0.15, 0.2) is 0 Å². The number of nitrogens with zero attached hydrogens (tertiary/aromatic N) is 3. The van der Waals surface area contributed by atoms with E-state index in [9.17, 15) is 4.79 Å². The van der Waals surface area contributed by atoms with E-state index < -0.39 is 0 Å². The van der Waals surface area contributed by atoms with Gasteiger partial charge in [-0.05, 0) is 36.4 Å². The molecule has 0 saturated carbocycles. The Kier molecular flexibility index (Phi) is 5.11. The number of thioether (sulfide) groups is 1. The molecule has 0 N–H and O–H groups in total. The zero-order valence-electron chi connectivity index (χ0n) is 15.9. The molecular formula is C23H18ClN3O2S. The molecule has 150 valence electrons. The molecule has 0 bridgehead atoms. The second kappa shape index (κ2) is 8.05. The Bertz CT molecular complexity index is 1160. The average molecular weight is 436 g/mol. The molecule has 0 radical (unpaired) electrons. The standard InChI is InChI=1S/C23H18ClN3O2S/c24-17-10-8-16(9-11-17)22-20(14-27(25-22)18-5-2-1-3-6-18)23-26(21(28)15-30-23)13-19-7-4-12-29-19/h1-12,14,23H,13,15H2/t23-/m0/s1. The summed E-state index contributed by atoms with van der Waals surface area (Å²) in [5.74, 6) is 1.29. The molecule has 3 heterocycles. The van der Waals surface area contributed by atoms with Crippen molar-refractivity contribution in [1.82, 2.24) is 14.7 Å². The number of hydrogen-bond acceptors (Lipinski definition) is 4. The molecule has 0 unspecified atom stereocenters. The molecule has 1 saturated heterocycles. The fraction of sp³-hybridized carbons (Fsp3) is 0.130. The van der Waals surface area contributed by atoms with Crippen LogP contribution in [0.1, 0.15) is 16.7 Å². The molecule has 5 rings (SSSR count). The van der Waals surface area contributed by atoms with Gasteiger partial charge in [0, 0.05) is 22.3 Å². The molecule has 1 fully saturated rings. The number of hydrogen-bond donors (Lipinski definition) is 0. The van der Waals surface area contributed by atoms with E-state index in [4.69, 9.17) is 21.1 Å². The van der Waals surface area contributed by atoms with Crippen molar-refractivity contribution in [3.8, 4) is 16.9 Å². The number of furan rings is 1. The minimum absolute atomic E-state index is 0.0934. The molecule has 7 heteroatoms. The van der Waals surface area contributed by atoms with E-state index in [0.717, 1.165) is 28.3 Å². The summed E-state index contributed by atoms with van der Waals surface area (Å²) in [6, 6.07) is 21.3. The van der Waals surface area contributed by atoms with Crippen LogP contribution >= 0.6 is 23.4 Å². The largest absolute Gasteiger partial charge is 0.467 e. The number of aromatic nitrogens is 2. The predicted octanol–water partition coefficient (Wildman–Crippen LogP) is 5.56. The molecule has 2 aromatic carbocycles. The van der Waals surface area contributed by atoms with E-state index in [0.29, 0.717) is 17.3 Å². The van der Waals surface area contributed by atoms with Gasteiger partial charge in [0.1, 0.15) is 11.1 Å². The van der Waals surface area contributed by atoms with Crippen LogP contribution in [0.3, 0.4) is 0 Å².